The zero-order valence-electron chi connectivity index (χ0n) is 12.8. The van der Waals surface area contributed by atoms with E-state index in [1.807, 2.05) is 6.92 Å². The Morgan fingerprint density at radius 3 is 2.74 bits per heavy atom. The Kier molecular flexibility index (Phi) is 7.39. The summed E-state index contributed by atoms with van der Waals surface area (Å²) in [5.41, 5.74) is 5.88. The number of carbonyl (C=O) groups is 1. The van der Waals surface area contributed by atoms with Crippen LogP contribution in [0, 0.1) is 0 Å². The van der Waals surface area contributed by atoms with Gasteiger partial charge in [0.15, 0.2) is 0 Å². The summed E-state index contributed by atoms with van der Waals surface area (Å²) in [6, 6.07) is 0.568. The van der Waals surface area contributed by atoms with Crippen LogP contribution in [0.3, 0.4) is 0 Å². The zero-order chi connectivity index (χ0) is 14.3. The summed E-state index contributed by atoms with van der Waals surface area (Å²) in [6.45, 7) is 7.89. The molecule has 3 atom stereocenters. The van der Waals surface area contributed by atoms with Crippen LogP contribution in [-0.4, -0.2) is 42.0 Å². The highest BCUT2D eigenvalue weighted by molar-refractivity contribution is 5.81. The van der Waals surface area contributed by atoms with Gasteiger partial charge in [-0.25, -0.2) is 0 Å². The molecule has 1 aliphatic heterocycles. The Bertz CT molecular complexity index is 270. The van der Waals surface area contributed by atoms with Gasteiger partial charge in [0.05, 0.1) is 6.04 Å². The summed E-state index contributed by atoms with van der Waals surface area (Å²) in [7, 11) is 0. The fraction of sp³-hybridized carbons (Fsp3) is 0.933. The van der Waals surface area contributed by atoms with Crippen molar-refractivity contribution in [1.29, 1.82) is 0 Å². The third-order valence-corrected chi connectivity index (χ3v) is 4.18. The monoisotopic (exact) mass is 269 g/mol. The van der Waals surface area contributed by atoms with Crippen molar-refractivity contribution in [3.8, 4) is 0 Å². The van der Waals surface area contributed by atoms with Gasteiger partial charge in [-0.15, -0.1) is 0 Å². The summed E-state index contributed by atoms with van der Waals surface area (Å²) >= 11 is 0. The maximum absolute atomic E-state index is 12.3. The van der Waals surface area contributed by atoms with Crippen LogP contribution in [0.4, 0.5) is 0 Å². The van der Waals surface area contributed by atoms with Gasteiger partial charge >= 0.3 is 0 Å². The van der Waals surface area contributed by atoms with E-state index in [-0.39, 0.29) is 18.0 Å². The maximum Gasteiger partial charge on any atom is 0.237 e. The van der Waals surface area contributed by atoms with Crippen molar-refractivity contribution in [2.45, 2.75) is 77.4 Å². The second-order valence-electron chi connectivity index (χ2n) is 5.85. The number of amides is 1. The Morgan fingerprint density at radius 2 is 2.11 bits per heavy atom. The number of nitrogens with one attached hydrogen (secondary N) is 1. The Balaban J connectivity index is 2.57. The highest BCUT2D eigenvalue weighted by Gasteiger charge is 2.28. The van der Waals surface area contributed by atoms with Crippen LogP contribution in [0.25, 0.3) is 0 Å². The summed E-state index contributed by atoms with van der Waals surface area (Å²) in [6.07, 6.45) is 6.94. The molecule has 3 N–H and O–H groups in total. The van der Waals surface area contributed by atoms with Crippen molar-refractivity contribution in [2.75, 3.05) is 13.1 Å². The van der Waals surface area contributed by atoms with Crippen molar-refractivity contribution in [3.63, 3.8) is 0 Å². The van der Waals surface area contributed by atoms with E-state index in [1.165, 1.54) is 19.3 Å². The van der Waals surface area contributed by atoms with Crippen LogP contribution in [-0.2, 0) is 4.79 Å². The molecule has 1 heterocycles. The fourth-order valence-corrected chi connectivity index (χ4v) is 2.98. The second-order valence-corrected chi connectivity index (χ2v) is 5.85. The molecule has 0 aromatic rings. The van der Waals surface area contributed by atoms with Crippen molar-refractivity contribution < 1.29 is 4.79 Å². The minimum absolute atomic E-state index is 0.0639. The van der Waals surface area contributed by atoms with E-state index in [0.717, 1.165) is 25.8 Å². The van der Waals surface area contributed by atoms with Gasteiger partial charge in [-0.1, -0.05) is 26.2 Å². The lowest BCUT2D eigenvalue weighted by Crippen LogP contribution is -2.53. The van der Waals surface area contributed by atoms with E-state index in [4.69, 9.17) is 5.73 Å². The average molecular weight is 269 g/mol. The number of likely N-dealkylation sites (tertiary alicyclic amines) is 1. The second kappa shape index (κ2) is 8.54. The molecule has 1 amide bonds. The van der Waals surface area contributed by atoms with Crippen LogP contribution < -0.4 is 11.1 Å². The minimum atomic E-state index is -0.0639. The van der Waals surface area contributed by atoms with E-state index in [2.05, 4.69) is 24.1 Å². The van der Waals surface area contributed by atoms with Crippen LogP contribution in [0.2, 0.25) is 0 Å². The smallest absolute Gasteiger partial charge is 0.237 e. The van der Waals surface area contributed by atoms with Gasteiger partial charge in [-0.05, 0) is 39.7 Å². The first-order valence-electron chi connectivity index (χ1n) is 7.86. The van der Waals surface area contributed by atoms with Crippen LogP contribution >= 0.6 is 0 Å². The number of nitrogens with two attached hydrogens (primary N) is 1. The number of hydrogen-bond acceptors (Lipinski definition) is 3. The Morgan fingerprint density at radius 1 is 1.37 bits per heavy atom. The van der Waals surface area contributed by atoms with Gasteiger partial charge in [-0.3, -0.25) is 9.69 Å². The lowest BCUT2D eigenvalue weighted by atomic mass is 10.1. The van der Waals surface area contributed by atoms with Crippen LogP contribution in [0.1, 0.15) is 59.3 Å². The first-order valence-corrected chi connectivity index (χ1v) is 7.86. The number of rotatable bonds is 6. The molecule has 1 saturated heterocycles. The third kappa shape index (κ3) is 5.11. The summed E-state index contributed by atoms with van der Waals surface area (Å²) < 4.78 is 0. The molecular weight excluding hydrogens is 238 g/mol. The fourth-order valence-electron chi connectivity index (χ4n) is 2.98. The predicted molar refractivity (Wildman–Crippen MR) is 80.0 cm³/mol. The first-order chi connectivity index (χ1) is 9.10. The van der Waals surface area contributed by atoms with Gasteiger partial charge in [0, 0.05) is 18.6 Å². The lowest BCUT2D eigenvalue weighted by Gasteiger charge is -2.34. The van der Waals surface area contributed by atoms with Crippen molar-refractivity contribution >= 4 is 5.91 Å². The molecular formula is C15H31N3O. The van der Waals surface area contributed by atoms with Gasteiger partial charge < -0.3 is 11.1 Å². The minimum Gasteiger partial charge on any atom is -0.352 e. The summed E-state index contributed by atoms with van der Waals surface area (Å²) in [5, 5.41) is 3.12. The zero-order valence-corrected chi connectivity index (χ0v) is 12.8. The SMILES string of the molecule is CCCC(C)NC(=O)C(C)N1CCCCCC1CN. The normalized spacial score (nSPS) is 24.5. The molecule has 0 aromatic heterocycles. The number of nitrogens with zero attached hydrogens (tertiary/aromatic N) is 1. The largest absolute Gasteiger partial charge is 0.352 e. The molecule has 0 radical (unpaired) electrons. The quantitative estimate of drug-likeness (QED) is 0.774. The van der Waals surface area contributed by atoms with E-state index < -0.39 is 0 Å². The predicted octanol–water partition coefficient (Wildman–Crippen LogP) is 1.88. The molecule has 0 bridgehead atoms. The average Bonchev–Trinajstić information content (AvgIpc) is 2.62. The lowest BCUT2D eigenvalue weighted by molar-refractivity contribution is -0.127. The molecule has 1 aliphatic rings. The number of hydrogen-bond donors (Lipinski definition) is 2. The highest BCUT2D eigenvalue weighted by atomic mass is 16.2. The molecule has 0 aromatic carbocycles. The van der Waals surface area contributed by atoms with Crippen LogP contribution in [0.5, 0.6) is 0 Å². The summed E-state index contributed by atoms with van der Waals surface area (Å²) in [5.74, 6) is 0.154. The third-order valence-electron chi connectivity index (χ3n) is 4.18. The van der Waals surface area contributed by atoms with Gasteiger partial charge in [0.1, 0.15) is 0 Å². The summed E-state index contributed by atoms with van der Waals surface area (Å²) in [4.78, 5) is 14.6. The Labute approximate surface area is 118 Å². The first kappa shape index (κ1) is 16.4. The molecule has 4 heteroatoms. The van der Waals surface area contributed by atoms with E-state index >= 15 is 0 Å². The van der Waals surface area contributed by atoms with Crippen molar-refractivity contribution in [1.82, 2.24) is 10.2 Å². The van der Waals surface area contributed by atoms with E-state index in [0.29, 0.717) is 12.6 Å². The molecule has 3 unspecified atom stereocenters. The topological polar surface area (TPSA) is 58.4 Å². The molecule has 1 fully saturated rings. The molecule has 0 spiro atoms. The van der Waals surface area contributed by atoms with E-state index in [9.17, 15) is 4.79 Å². The van der Waals surface area contributed by atoms with Gasteiger partial charge in [0.25, 0.3) is 0 Å². The molecule has 4 nitrogen and oxygen atoms in total. The maximum atomic E-state index is 12.3. The van der Waals surface area contributed by atoms with Crippen molar-refractivity contribution in [3.05, 3.63) is 0 Å². The van der Waals surface area contributed by atoms with Gasteiger partial charge in [-0.2, -0.15) is 0 Å². The van der Waals surface area contributed by atoms with Crippen LogP contribution in [0.15, 0.2) is 0 Å². The molecule has 19 heavy (non-hydrogen) atoms. The molecule has 112 valence electrons. The number of carbonyl (C=O) groups excluding carboxylic acids is 1. The van der Waals surface area contributed by atoms with Crippen molar-refractivity contribution in [2.24, 2.45) is 5.73 Å². The molecule has 1 rings (SSSR count). The molecule has 0 aliphatic carbocycles. The molecule has 0 saturated carbocycles. The van der Waals surface area contributed by atoms with Gasteiger partial charge in [0.2, 0.25) is 5.91 Å². The Hall–Kier alpha value is -0.610. The highest BCUT2D eigenvalue weighted by Crippen LogP contribution is 2.18. The van der Waals surface area contributed by atoms with E-state index in [1.54, 1.807) is 0 Å². The standard InChI is InChI=1S/C15H31N3O/c1-4-8-12(2)17-15(19)13(3)18-10-7-5-6-9-14(18)11-16/h12-14H,4-11,16H2,1-3H3,(H,17,19).